The van der Waals surface area contributed by atoms with Gasteiger partial charge in [0.15, 0.2) is 0 Å². The zero-order valence-corrected chi connectivity index (χ0v) is 18.8. The highest BCUT2D eigenvalue weighted by molar-refractivity contribution is 9.11. The van der Waals surface area contributed by atoms with E-state index in [1.165, 1.54) is 18.2 Å². The lowest BCUT2D eigenvalue weighted by Gasteiger charge is -2.12. The number of imide groups is 1. The van der Waals surface area contributed by atoms with Gasteiger partial charge in [-0.1, -0.05) is 12.1 Å². The number of carboxylic acid groups (broad SMARTS) is 2. The molecule has 0 unspecified atom stereocenters. The van der Waals surface area contributed by atoms with Gasteiger partial charge in [-0.05, 0) is 73.3 Å². The van der Waals surface area contributed by atoms with E-state index in [0.29, 0.717) is 25.2 Å². The molecule has 0 saturated carbocycles. The van der Waals surface area contributed by atoms with Crippen molar-refractivity contribution in [1.82, 2.24) is 10.2 Å². The summed E-state index contributed by atoms with van der Waals surface area (Å²) in [7, 11) is 0. The first-order chi connectivity index (χ1) is 14.7. The van der Waals surface area contributed by atoms with Crippen LogP contribution >= 0.6 is 31.9 Å². The maximum absolute atomic E-state index is 12.2. The molecule has 3 amide bonds. The molecule has 1 saturated heterocycles. The van der Waals surface area contributed by atoms with Crippen molar-refractivity contribution >= 4 is 61.8 Å². The summed E-state index contributed by atoms with van der Waals surface area (Å²) >= 11 is 6.80. The summed E-state index contributed by atoms with van der Waals surface area (Å²) < 4.78 is 6.94. The van der Waals surface area contributed by atoms with Crippen molar-refractivity contribution in [2.75, 3.05) is 6.54 Å². The highest BCUT2D eigenvalue weighted by Crippen LogP contribution is 2.36. The Hall–Kier alpha value is -3.18. The standard InChI is InChI=1S/C20H14Br2N2O7/c21-13-5-11(7-15-18(27)24(8-16(25)26)20(30)23-15)6-14(22)17(13)31-9-10-1-3-12(4-2-10)19(28)29/h1-7H,8-9H2,(H,23,30)(H,25,26)(H,28,29)/b15-7+. The van der Waals surface area contributed by atoms with Crippen LogP contribution in [0.3, 0.4) is 0 Å². The second kappa shape index (κ2) is 9.31. The van der Waals surface area contributed by atoms with Gasteiger partial charge in [0.1, 0.15) is 24.6 Å². The Morgan fingerprint density at radius 3 is 2.23 bits per heavy atom. The fourth-order valence-electron chi connectivity index (χ4n) is 2.72. The van der Waals surface area contributed by atoms with E-state index < -0.39 is 30.4 Å². The molecule has 160 valence electrons. The minimum Gasteiger partial charge on any atom is -0.487 e. The molecule has 3 N–H and O–H groups in total. The van der Waals surface area contributed by atoms with Gasteiger partial charge in [-0.3, -0.25) is 9.59 Å². The Morgan fingerprint density at radius 1 is 1.06 bits per heavy atom. The minimum absolute atomic E-state index is 0.0442. The molecule has 2 aromatic rings. The Bertz CT molecular complexity index is 1090. The second-order valence-corrected chi connectivity index (χ2v) is 8.09. The molecule has 1 aliphatic heterocycles. The molecule has 0 atom stereocenters. The van der Waals surface area contributed by atoms with Crippen LogP contribution in [0.15, 0.2) is 51.0 Å². The van der Waals surface area contributed by atoms with Crippen LogP contribution in [0.1, 0.15) is 21.5 Å². The van der Waals surface area contributed by atoms with E-state index >= 15 is 0 Å². The van der Waals surface area contributed by atoms with Crippen LogP contribution in [0, 0.1) is 0 Å². The van der Waals surface area contributed by atoms with E-state index in [2.05, 4.69) is 37.2 Å². The SMILES string of the molecule is O=C(O)CN1C(=O)N/C(=C/c2cc(Br)c(OCc3ccc(C(=O)O)cc3)c(Br)c2)C1=O. The number of carbonyl (C=O) groups excluding carboxylic acids is 2. The molecular weight excluding hydrogens is 540 g/mol. The van der Waals surface area contributed by atoms with Crippen LogP contribution in [0.25, 0.3) is 6.08 Å². The molecule has 1 fully saturated rings. The van der Waals surface area contributed by atoms with Crippen molar-refractivity contribution in [2.45, 2.75) is 6.61 Å². The zero-order valence-electron chi connectivity index (χ0n) is 15.6. The first-order valence-electron chi connectivity index (χ1n) is 8.66. The molecule has 1 heterocycles. The van der Waals surface area contributed by atoms with Crippen LogP contribution in [0.4, 0.5) is 4.79 Å². The number of hydrogen-bond acceptors (Lipinski definition) is 5. The predicted molar refractivity (Wildman–Crippen MR) is 115 cm³/mol. The molecule has 0 radical (unpaired) electrons. The molecule has 0 aromatic heterocycles. The molecule has 3 rings (SSSR count). The maximum Gasteiger partial charge on any atom is 0.335 e. The first-order valence-corrected chi connectivity index (χ1v) is 10.2. The quantitative estimate of drug-likeness (QED) is 0.353. The lowest BCUT2D eigenvalue weighted by Crippen LogP contribution is -2.35. The van der Waals surface area contributed by atoms with E-state index in [4.69, 9.17) is 14.9 Å². The lowest BCUT2D eigenvalue weighted by molar-refractivity contribution is -0.140. The summed E-state index contributed by atoms with van der Waals surface area (Å²) in [6.07, 6.45) is 1.42. The monoisotopic (exact) mass is 552 g/mol. The van der Waals surface area contributed by atoms with Gasteiger partial charge in [-0.15, -0.1) is 0 Å². The second-order valence-electron chi connectivity index (χ2n) is 6.38. The summed E-state index contributed by atoms with van der Waals surface area (Å²) in [5.74, 6) is -2.55. The predicted octanol–water partition coefficient (Wildman–Crippen LogP) is 3.47. The molecule has 1 aliphatic rings. The van der Waals surface area contributed by atoms with Gasteiger partial charge in [0.25, 0.3) is 5.91 Å². The van der Waals surface area contributed by atoms with Gasteiger partial charge in [0.05, 0.1) is 14.5 Å². The van der Waals surface area contributed by atoms with Crippen molar-refractivity contribution in [3.8, 4) is 5.75 Å². The molecule has 11 heteroatoms. The number of urea groups is 1. The Balaban J connectivity index is 1.75. The summed E-state index contributed by atoms with van der Waals surface area (Å²) in [6, 6.07) is 8.82. The number of aliphatic carboxylic acids is 1. The summed E-state index contributed by atoms with van der Waals surface area (Å²) in [5.41, 5.74) is 1.46. The fraction of sp³-hybridized carbons (Fsp3) is 0.100. The van der Waals surface area contributed by atoms with Gasteiger partial charge in [-0.2, -0.15) is 0 Å². The molecule has 2 aromatic carbocycles. The van der Waals surface area contributed by atoms with Crippen molar-refractivity contribution in [2.24, 2.45) is 0 Å². The van der Waals surface area contributed by atoms with Gasteiger partial charge in [0, 0.05) is 0 Å². The molecule has 0 spiro atoms. The number of amides is 3. The van der Waals surface area contributed by atoms with E-state index in [0.717, 1.165) is 5.56 Å². The number of nitrogens with zero attached hydrogens (tertiary/aromatic N) is 1. The van der Waals surface area contributed by atoms with Crippen molar-refractivity contribution in [3.63, 3.8) is 0 Å². The highest BCUT2D eigenvalue weighted by Gasteiger charge is 2.34. The summed E-state index contributed by atoms with van der Waals surface area (Å²) in [4.78, 5) is 46.4. The zero-order chi connectivity index (χ0) is 22.7. The number of aromatic carboxylic acids is 1. The highest BCUT2D eigenvalue weighted by atomic mass is 79.9. The van der Waals surface area contributed by atoms with Crippen LogP contribution in [-0.4, -0.2) is 45.5 Å². The van der Waals surface area contributed by atoms with Gasteiger partial charge in [-0.25, -0.2) is 14.5 Å². The summed E-state index contributed by atoms with van der Waals surface area (Å²) in [6.45, 7) is -0.536. The van der Waals surface area contributed by atoms with Gasteiger partial charge >= 0.3 is 18.0 Å². The molecule has 0 aliphatic carbocycles. The molecule has 9 nitrogen and oxygen atoms in total. The summed E-state index contributed by atoms with van der Waals surface area (Å²) in [5, 5.41) is 20.1. The lowest BCUT2D eigenvalue weighted by atomic mass is 10.1. The number of carboxylic acids is 2. The number of halogens is 2. The van der Waals surface area contributed by atoms with E-state index in [9.17, 15) is 19.2 Å². The third-order valence-corrected chi connectivity index (χ3v) is 5.35. The smallest absolute Gasteiger partial charge is 0.335 e. The molecule has 31 heavy (non-hydrogen) atoms. The number of nitrogens with one attached hydrogen (secondary N) is 1. The van der Waals surface area contributed by atoms with Crippen LogP contribution in [-0.2, 0) is 16.2 Å². The molecule has 0 bridgehead atoms. The minimum atomic E-state index is -1.30. The van der Waals surface area contributed by atoms with Gasteiger partial charge in [0.2, 0.25) is 0 Å². The normalized spacial score (nSPS) is 14.6. The Morgan fingerprint density at radius 2 is 1.68 bits per heavy atom. The number of rotatable bonds is 7. The van der Waals surface area contributed by atoms with Crippen LogP contribution in [0.5, 0.6) is 5.75 Å². The van der Waals surface area contributed by atoms with Crippen molar-refractivity contribution < 1.29 is 34.1 Å². The van der Waals surface area contributed by atoms with E-state index in [-0.39, 0.29) is 17.9 Å². The average Bonchev–Trinajstić information content (AvgIpc) is 2.94. The number of hydrogen-bond donors (Lipinski definition) is 3. The van der Waals surface area contributed by atoms with E-state index in [1.54, 1.807) is 24.3 Å². The number of carbonyl (C=O) groups is 4. The number of ether oxygens (including phenoxy) is 1. The fourth-order valence-corrected chi connectivity index (χ4v) is 4.17. The van der Waals surface area contributed by atoms with Crippen molar-refractivity contribution in [1.29, 1.82) is 0 Å². The maximum atomic E-state index is 12.2. The van der Waals surface area contributed by atoms with Gasteiger partial charge < -0.3 is 20.3 Å². The van der Waals surface area contributed by atoms with Crippen LogP contribution in [0.2, 0.25) is 0 Å². The van der Waals surface area contributed by atoms with Crippen LogP contribution < -0.4 is 10.1 Å². The average molecular weight is 554 g/mol. The Labute approximate surface area is 192 Å². The third kappa shape index (κ3) is 5.30. The third-order valence-electron chi connectivity index (χ3n) is 4.17. The molecular formula is C20H14Br2N2O7. The largest absolute Gasteiger partial charge is 0.487 e. The Kier molecular flexibility index (Phi) is 6.76. The number of benzene rings is 2. The first kappa shape index (κ1) is 22.5. The van der Waals surface area contributed by atoms with E-state index in [1.807, 2.05) is 0 Å². The topological polar surface area (TPSA) is 133 Å². The van der Waals surface area contributed by atoms with Crippen molar-refractivity contribution in [3.05, 3.63) is 67.7 Å².